The molecule has 2 fully saturated rings. The SMILES string of the molecule is C[C@H]1C[C@H](C)CN(C(=O)CSc2nnc(-c3cccc(S(=O)(=O)N4CCOCC4)c3)o2)C1. The number of sulfonamides is 1. The van der Waals surface area contributed by atoms with Gasteiger partial charge in [0, 0.05) is 31.7 Å². The molecule has 0 bridgehead atoms. The van der Waals surface area contributed by atoms with E-state index in [1.54, 1.807) is 18.2 Å². The smallest absolute Gasteiger partial charge is 0.277 e. The van der Waals surface area contributed by atoms with E-state index < -0.39 is 10.0 Å². The van der Waals surface area contributed by atoms with Gasteiger partial charge in [-0.1, -0.05) is 31.7 Å². The average Bonchev–Trinajstić information content (AvgIpc) is 3.27. The maximum atomic E-state index is 12.9. The zero-order valence-electron chi connectivity index (χ0n) is 18.3. The highest BCUT2D eigenvalue weighted by Crippen LogP contribution is 2.27. The molecule has 2 aliphatic heterocycles. The topological polar surface area (TPSA) is 106 Å². The van der Waals surface area contributed by atoms with Gasteiger partial charge in [0.2, 0.25) is 21.8 Å². The number of nitrogens with zero attached hydrogens (tertiary/aromatic N) is 4. The van der Waals surface area contributed by atoms with Crippen molar-refractivity contribution in [1.29, 1.82) is 0 Å². The number of piperidine rings is 1. The third-order valence-electron chi connectivity index (χ3n) is 5.64. The second-order valence-electron chi connectivity index (χ2n) is 8.45. The minimum atomic E-state index is -3.62. The quantitative estimate of drug-likeness (QED) is 0.580. The second-order valence-corrected chi connectivity index (χ2v) is 11.3. The zero-order chi connectivity index (χ0) is 22.7. The zero-order valence-corrected chi connectivity index (χ0v) is 19.9. The van der Waals surface area contributed by atoms with Crippen molar-refractivity contribution in [2.45, 2.75) is 30.4 Å². The van der Waals surface area contributed by atoms with Gasteiger partial charge >= 0.3 is 0 Å². The Bertz CT molecular complexity index is 1040. The van der Waals surface area contributed by atoms with E-state index in [9.17, 15) is 13.2 Å². The molecular weight excluding hydrogens is 452 g/mol. The normalized spacial score (nSPS) is 22.8. The molecule has 1 aromatic carbocycles. The van der Waals surface area contributed by atoms with Crippen molar-refractivity contribution < 1.29 is 22.4 Å². The van der Waals surface area contributed by atoms with Crippen LogP contribution in [0.4, 0.5) is 0 Å². The van der Waals surface area contributed by atoms with Gasteiger partial charge in [0.25, 0.3) is 5.22 Å². The van der Waals surface area contributed by atoms with Gasteiger partial charge < -0.3 is 14.1 Å². The first kappa shape index (κ1) is 23.2. The largest absolute Gasteiger partial charge is 0.411 e. The van der Waals surface area contributed by atoms with Crippen LogP contribution in [0, 0.1) is 11.8 Å². The van der Waals surface area contributed by atoms with Gasteiger partial charge in [-0.2, -0.15) is 4.31 Å². The van der Waals surface area contributed by atoms with Gasteiger partial charge in [0.1, 0.15) is 0 Å². The molecule has 174 valence electrons. The molecule has 2 aliphatic rings. The molecule has 2 saturated heterocycles. The lowest BCUT2D eigenvalue weighted by Gasteiger charge is -2.34. The fourth-order valence-corrected chi connectivity index (χ4v) is 6.31. The molecule has 0 radical (unpaired) electrons. The number of aromatic nitrogens is 2. The Morgan fingerprint density at radius 1 is 1.16 bits per heavy atom. The molecule has 2 atom stereocenters. The first-order valence-corrected chi connectivity index (χ1v) is 13.2. The van der Waals surface area contributed by atoms with Crippen LogP contribution in [0.25, 0.3) is 11.5 Å². The molecule has 4 rings (SSSR count). The number of rotatable bonds is 6. The number of carbonyl (C=O) groups is 1. The Kier molecular flexibility index (Phi) is 7.18. The highest BCUT2D eigenvalue weighted by molar-refractivity contribution is 7.99. The summed E-state index contributed by atoms with van der Waals surface area (Å²) in [7, 11) is -3.62. The summed E-state index contributed by atoms with van der Waals surface area (Å²) in [5.41, 5.74) is 0.517. The number of likely N-dealkylation sites (tertiary alicyclic amines) is 1. The summed E-state index contributed by atoms with van der Waals surface area (Å²) in [4.78, 5) is 14.7. The monoisotopic (exact) mass is 480 g/mol. The summed E-state index contributed by atoms with van der Waals surface area (Å²) in [6.07, 6.45) is 1.14. The molecule has 3 heterocycles. The van der Waals surface area contributed by atoms with E-state index in [1.165, 1.54) is 22.1 Å². The minimum absolute atomic E-state index is 0.0618. The van der Waals surface area contributed by atoms with Gasteiger partial charge in [0.15, 0.2) is 0 Å². The summed E-state index contributed by atoms with van der Waals surface area (Å²) in [5, 5.41) is 8.35. The van der Waals surface area contributed by atoms with Crippen LogP contribution < -0.4 is 0 Å². The Hall–Kier alpha value is -1.95. The van der Waals surface area contributed by atoms with E-state index in [0.29, 0.717) is 43.7 Å². The fraction of sp³-hybridized carbons (Fsp3) is 0.571. The number of carbonyl (C=O) groups excluding carboxylic acids is 1. The summed E-state index contributed by atoms with van der Waals surface area (Å²) in [6.45, 7) is 7.33. The van der Waals surface area contributed by atoms with Crippen molar-refractivity contribution in [3.63, 3.8) is 0 Å². The van der Waals surface area contributed by atoms with E-state index in [2.05, 4.69) is 24.0 Å². The summed E-state index contributed by atoms with van der Waals surface area (Å²) in [5.74, 6) is 1.52. The molecule has 0 N–H and O–H groups in total. The minimum Gasteiger partial charge on any atom is -0.411 e. The Morgan fingerprint density at radius 3 is 2.59 bits per heavy atom. The number of benzene rings is 1. The first-order chi connectivity index (χ1) is 15.3. The number of hydrogen-bond acceptors (Lipinski definition) is 8. The predicted molar refractivity (Wildman–Crippen MR) is 120 cm³/mol. The lowest BCUT2D eigenvalue weighted by atomic mass is 9.92. The lowest BCUT2D eigenvalue weighted by molar-refractivity contribution is -0.130. The van der Waals surface area contributed by atoms with Crippen LogP contribution in [0.3, 0.4) is 0 Å². The third-order valence-corrected chi connectivity index (χ3v) is 8.33. The summed E-state index contributed by atoms with van der Waals surface area (Å²) < 4.78 is 38.2. The lowest BCUT2D eigenvalue weighted by Crippen LogP contribution is -2.43. The van der Waals surface area contributed by atoms with Gasteiger partial charge in [-0.25, -0.2) is 8.42 Å². The van der Waals surface area contributed by atoms with Crippen molar-refractivity contribution in [2.24, 2.45) is 11.8 Å². The second kappa shape index (κ2) is 9.90. The maximum Gasteiger partial charge on any atom is 0.277 e. The van der Waals surface area contributed by atoms with Crippen LogP contribution in [0.15, 0.2) is 38.8 Å². The Labute approximate surface area is 192 Å². The highest BCUT2D eigenvalue weighted by atomic mass is 32.2. The summed E-state index contributed by atoms with van der Waals surface area (Å²) >= 11 is 1.20. The molecule has 2 aromatic rings. The van der Waals surface area contributed by atoms with Crippen molar-refractivity contribution in [1.82, 2.24) is 19.4 Å². The molecule has 1 amide bonds. The highest BCUT2D eigenvalue weighted by Gasteiger charge is 2.28. The van der Waals surface area contributed by atoms with Crippen LogP contribution in [0.2, 0.25) is 0 Å². The van der Waals surface area contributed by atoms with Gasteiger partial charge in [-0.15, -0.1) is 10.2 Å². The molecule has 0 saturated carbocycles. The van der Waals surface area contributed by atoms with Crippen LogP contribution in [-0.4, -0.2) is 78.9 Å². The Morgan fingerprint density at radius 2 is 1.88 bits per heavy atom. The van der Waals surface area contributed by atoms with E-state index in [-0.39, 0.29) is 27.7 Å². The predicted octanol–water partition coefficient (Wildman–Crippen LogP) is 2.35. The third kappa shape index (κ3) is 5.33. The van der Waals surface area contributed by atoms with Gasteiger partial charge in [-0.05, 0) is 36.5 Å². The van der Waals surface area contributed by atoms with Crippen molar-refractivity contribution in [2.75, 3.05) is 45.1 Å². The number of ether oxygens (including phenoxy) is 1. The van der Waals surface area contributed by atoms with E-state index in [1.807, 2.05) is 4.90 Å². The molecule has 0 aliphatic carbocycles. The van der Waals surface area contributed by atoms with Gasteiger partial charge in [0.05, 0.1) is 23.9 Å². The Balaban J connectivity index is 1.41. The first-order valence-electron chi connectivity index (χ1n) is 10.8. The van der Waals surface area contributed by atoms with Crippen LogP contribution in [0.1, 0.15) is 20.3 Å². The fourth-order valence-electron chi connectivity index (χ4n) is 4.19. The molecule has 32 heavy (non-hydrogen) atoms. The molecule has 0 spiro atoms. The molecule has 0 unspecified atom stereocenters. The number of morpholine rings is 1. The number of amides is 1. The molecule has 9 nitrogen and oxygen atoms in total. The molecule has 11 heteroatoms. The molecule has 1 aromatic heterocycles. The van der Waals surface area contributed by atoms with E-state index >= 15 is 0 Å². The van der Waals surface area contributed by atoms with Gasteiger partial charge in [-0.3, -0.25) is 4.79 Å². The van der Waals surface area contributed by atoms with Crippen molar-refractivity contribution >= 4 is 27.7 Å². The van der Waals surface area contributed by atoms with Crippen molar-refractivity contribution in [3.05, 3.63) is 24.3 Å². The average molecular weight is 481 g/mol. The van der Waals surface area contributed by atoms with Crippen LogP contribution in [0.5, 0.6) is 0 Å². The van der Waals surface area contributed by atoms with Crippen molar-refractivity contribution in [3.8, 4) is 11.5 Å². The van der Waals surface area contributed by atoms with Crippen LogP contribution in [-0.2, 0) is 19.6 Å². The number of thioether (sulfide) groups is 1. The number of hydrogen-bond donors (Lipinski definition) is 0. The van der Waals surface area contributed by atoms with E-state index in [0.717, 1.165) is 19.5 Å². The molecular formula is C21H28N4O5S2. The van der Waals surface area contributed by atoms with Crippen LogP contribution >= 0.6 is 11.8 Å². The standard InChI is InChI=1S/C21H28N4O5S2/c1-15-10-16(2)13-24(12-15)19(26)14-31-21-23-22-20(30-21)17-4-3-5-18(11-17)32(27,28)25-6-8-29-9-7-25/h3-5,11,15-16H,6-10,12-14H2,1-2H3/t15-,16-/m0/s1. The summed E-state index contributed by atoms with van der Waals surface area (Å²) in [6, 6.07) is 6.47. The van der Waals surface area contributed by atoms with E-state index in [4.69, 9.17) is 9.15 Å². The maximum absolute atomic E-state index is 12.9.